The summed E-state index contributed by atoms with van der Waals surface area (Å²) in [4.78, 5) is 17.4. The van der Waals surface area contributed by atoms with Crippen LogP contribution in [0.3, 0.4) is 0 Å². The highest BCUT2D eigenvalue weighted by Gasteiger charge is 2.35. The van der Waals surface area contributed by atoms with E-state index in [0.717, 1.165) is 55.6 Å². The van der Waals surface area contributed by atoms with Gasteiger partial charge in [-0.3, -0.25) is 4.79 Å². The van der Waals surface area contributed by atoms with E-state index in [0.29, 0.717) is 24.5 Å². The molecular weight excluding hydrogens is 434 g/mol. The van der Waals surface area contributed by atoms with Gasteiger partial charge in [-0.1, -0.05) is 18.6 Å². The number of aryl methyl sites for hydroxylation is 2. The number of hydrogen-bond donors (Lipinski definition) is 0. The molecule has 2 aliphatic heterocycles. The normalized spacial score (nSPS) is 22.1. The lowest BCUT2D eigenvalue weighted by molar-refractivity contribution is -0.124. The molecule has 0 radical (unpaired) electrons. The summed E-state index contributed by atoms with van der Waals surface area (Å²) in [5.41, 5.74) is 4.22. The van der Waals surface area contributed by atoms with Gasteiger partial charge in [0.2, 0.25) is 15.9 Å². The Morgan fingerprint density at radius 2 is 1.82 bits per heavy atom. The van der Waals surface area contributed by atoms with Crippen LogP contribution in [-0.2, 0) is 21.2 Å². The lowest BCUT2D eigenvalue weighted by Crippen LogP contribution is -2.53. The summed E-state index contributed by atoms with van der Waals surface area (Å²) in [6, 6.07) is 13.8. The quantitative estimate of drug-likeness (QED) is 0.683. The number of fused-ring (bicyclic) bond motifs is 1. The second-order valence-electron chi connectivity index (χ2n) is 9.76. The van der Waals surface area contributed by atoms with Crippen LogP contribution in [0.25, 0.3) is 0 Å². The molecule has 176 valence electrons. The molecule has 0 bridgehead atoms. The Morgan fingerprint density at radius 1 is 1.00 bits per heavy atom. The molecule has 1 saturated carbocycles. The number of sulfonamides is 1. The second-order valence-corrected chi connectivity index (χ2v) is 11.7. The van der Waals surface area contributed by atoms with Crippen LogP contribution >= 0.6 is 0 Å². The summed E-state index contributed by atoms with van der Waals surface area (Å²) in [5.74, 6) is 0.351. The number of rotatable bonds is 4. The Balaban J connectivity index is 1.34. The van der Waals surface area contributed by atoms with Gasteiger partial charge in [-0.2, -0.15) is 4.31 Å². The highest BCUT2D eigenvalue weighted by atomic mass is 32.2. The molecule has 6 nitrogen and oxygen atoms in total. The molecule has 0 spiro atoms. The number of carbonyl (C=O) groups is 1. The third kappa shape index (κ3) is 4.17. The molecule has 0 unspecified atom stereocenters. The van der Waals surface area contributed by atoms with Gasteiger partial charge in [0.1, 0.15) is 0 Å². The maximum absolute atomic E-state index is 13.5. The topological polar surface area (TPSA) is 60.9 Å². The van der Waals surface area contributed by atoms with Crippen molar-refractivity contribution < 1.29 is 13.2 Å². The Morgan fingerprint density at radius 3 is 2.52 bits per heavy atom. The maximum Gasteiger partial charge on any atom is 0.243 e. The number of anilines is 2. The fourth-order valence-electron chi connectivity index (χ4n) is 5.32. The van der Waals surface area contributed by atoms with Crippen LogP contribution in [0, 0.1) is 12.8 Å². The molecule has 1 aliphatic carbocycles. The van der Waals surface area contributed by atoms with Gasteiger partial charge < -0.3 is 9.80 Å². The summed E-state index contributed by atoms with van der Waals surface area (Å²) in [5, 5.41) is 0. The summed E-state index contributed by atoms with van der Waals surface area (Å²) in [6.45, 7) is 6.47. The lowest BCUT2D eigenvalue weighted by Gasteiger charge is -2.41. The van der Waals surface area contributed by atoms with E-state index >= 15 is 0 Å². The number of piperazine rings is 1. The van der Waals surface area contributed by atoms with Crippen LogP contribution < -0.4 is 9.80 Å². The molecule has 5 rings (SSSR count). The van der Waals surface area contributed by atoms with Crippen molar-refractivity contribution >= 4 is 27.3 Å². The molecule has 2 aromatic carbocycles. The number of hydrogen-bond acceptors (Lipinski definition) is 4. The zero-order chi connectivity index (χ0) is 23.2. The molecule has 1 saturated heterocycles. The predicted molar refractivity (Wildman–Crippen MR) is 131 cm³/mol. The molecular formula is C26H33N3O3S. The first kappa shape index (κ1) is 22.4. The van der Waals surface area contributed by atoms with E-state index in [1.807, 2.05) is 23.1 Å². The maximum atomic E-state index is 13.5. The molecule has 2 heterocycles. The van der Waals surface area contributed by atoms with Crippen molar-refractivity contribution in [1.82, 2.24) is 4.31 Å². The first-order valence-corrected chi connectivity index (χ1v) is 13.6. The van der Waals surface area contributed by atoms with E-state index in [2.05, 4.69) is 36.9 Å². The van der Waals surface area contributed by atoms with Crippen LogP contribution in [-0.4, -0.2) is 50.9 Å². The number of carbonyl (C=O) groups excluding carboxylic acids is 1. The first-order valence-electron chi connectivity index (χ1n) is 12.1. The Labute approximate surface area is 197 Å². The zero-order valence-electron chi connectivity index (χ0n) is 19.5. The van der Waals surface area contributed by atoms with Crippen molar-refractivity contribution in [3.8, 4) is 0 Å². The van der Waals surface area contributed by atoms with E-state index in [-0.39, 0.29) is 17.9 Å². The molecule has 2 aromatic rings. The minimum absolute atomic E-state index is 0.0866. The van der Waals surface area contributed by atoms with Gasteiger partial charge >= 0.3 is 0 Å². The highest BCUT2D eigenvalue weighted by Crippen LogP contribution is 2.35. The Hall–Kier alpha value is -2.38. The van der Waals surface area contributed by atoms with Crippen molar-refractivity contribution in [3.63, 3.8) is 0 Å². The fraction of sp³-hybridized carbons (Fsp3) is 0.500. The van der Waals surface area contributed by atoms with Gasteiger partial charge in [-0.25, -0.2) is 8.42 Å². The average molecular weight is 468 g/mol. The third-order valence-electron chi connectivity index (χ3n) is 7.45. The molecule has 33 heavy (non-hydrogen) atoms. The van der Waals surface area contributed by atoms with Crippen LogP contribution in [0.5, 0.6) is 0 Å². The molecule has 7 heteroatoms. The lowest BCUT2D eigenvalue weighted by atomic mass is 9.83. The van der Waals surface area contributed by atoms with Crippen LogP contribution in [0.2, 0.25) is 0 Å². The minimum atomic E-state index is -3.59. The number of benzene rings is 2. The number of amides is 1. The van der Waals surface area contributed by atoms with Crippen molar-refractivity contribution in [1.29, 1.82) is 0 Å². The third-order valence-corrected chi connectivity index (χ3v) is 9.31. The molecule has 1 atom stereocenters. The molecule has 3 aliphatic rings. The minimum Gasteiger partial charge on any atom is -0.366 e. The van der Waals surface area contributed by atoms with Gasteiger partial charge in [0.15, 0.2) is 0 Å². The largest absolute Gasteiger partial charge is 0.366 e. The van der Waals surface area contributed by atoms with Gasteiger partial charge in [-0.15, -0.1) is 0 Å². The fourth-order valence-corrected chi connectivity index (χ4v) is 6.88. The van der Waals surface area contributed by atoms with Crippen molar-refractivity contribution in [2.24, 2.45) is 5.92 Å². The van der Waals surface area contributed by atoms with E-state index in [9.17, 15) is 13.2 Å². The van der Waals surface area contributed by atoms with Crippen molar-refractivity contribution in [3.05, 3.63) is 53.6 Å². The summed E-state index contributed by atoms with van der Waals surface area (Å²) < 4.78 is 28.7. The molecule has 0 N–H and O–H groups in total. The van der Waals surface area contributed by atoms with Gasteiger partial charge in [0.25, 0.3) is 0 Å². The van der Waals surface area contributed by atoms with Crippen molar-refractivity contribution in [2.45, 2.75) is 56.9 Å². The molecule has 0 aromatic heterocycles. The number of nitrogens with zero attached hydrogens (tertiary/aromatic N) is 3. The van der Waals surface area contributed by atoms with Crippen LogP contribution in [0.4, 0.5) is 11.4 Å². The van der Waals surface area contributed by atoms with Crippen LogP contribution in [0.15, 0.2) is 47.4 Å². The van der Waals surface area contributed by atoms with Gasteiger partial charge in [0, 0.05) is 49.5 Å². The van der Waals surface area contributed by atoms with Crippen LogP contribution in [0.1, 0.15) is 43.7 Å². The smallest absolute Gasteiger partial charge is 0.243 e. The zero-order valence-corrected chi connectivity index (χ0v) is 20.4. The van der Waals surface area contributed by atoms with Crippen molar-refractivity contribution in [2.75, 3.05) is 36.0 Å². The molecule has 2 fully saturated rings. The highest BCUT2D eigenvalue weighted by molar-refractivity contribution is 7.89. The van der Waals surface area contributed by atoms with Gasteiger partial charge in [-0.05, 0) is 81.0 Å². The summed E-state index contributed by atoms with van der Waals surface area (Å²) in [6.07, 6.45) is 4.77. The second kappa shape index (κ2) is 8.76. The molecule has 1 amide bonds. The summed E-state index contributed by atoms with van der Waals surface area (Å²) in [7, 11) is -3.59. The Kier molecular flexibility index (Phi) is 5.95. The van der Waals surface area contributed by atoms with Gasteiger partial charge in [0.05, 0.1) is 4.90 Å². The standard InChI is InChI=1S/C26H33N3O3S/c1-19-6-3-10-23(16-19)28-15-14-27(18-20(28)2)33(31,32)24-11-12-25-22(17-24)9-5-13-29(25)26(30)21-7-4-8-21/h3,6,10-12,16-17,20-21H,4-5,7-9,13-15,18H2,1-2H3/t20-/m0/s1. The predicted octanol–water partition coefficient (Wildman–Crippen LogP) is 3.97. The first-order chi connectivity index (χ1) is 15.8. The monoisotopic (exact) mass is 467 g/mol. The van der Waals surface area contributed by atoms with E-state index < -0.39 is 10.0 Å². The summed E-state index contributed by atoms with van der Waals surface area (Å²) >= 11 is 0. The average Bonchev–Trinajstić information content (AvgIpc) is 2.77. The SMILES string of the molecule is Cc1cccc(N2CCN(S(=O)(=O)c3ccc4c(c3)CCCN4C(=O)C3CCC3)C[C@@H]2C)c1. The van der Waals surface area contributed by atoms with E-state index in [1.54, 1.807) is 10.4 Å². The van der Waals surface area contributed by atoms with E-state index in [4.69, 9.17) is 0 Å². The van der Waals surface area contributed by atoms with E-state index in [1.165, 1.54) is 5.56 Å². The Bertz CT molecular complexity index is 1160.